The molecule has 0 radical (unpaired) electrons. The molecule has 0 amide bonds. The fraction of sp³-hybridized carbons (Fsp3) is 0.0526. The van der Waals surface area contributed by atoms with Gasteiger partial charge < -0.3 is 19.7 Å². The Morgan fingerprint density at radius 2 is 1.92 bits per heavy atom. The number of hydrogen-bond donors (Lipinski definition) is 2. The molecule has 3 rings (SSSR count). The van der Waals surface area contributed by atoms with E-state index in [4.69, 9.17) is 19.7 Å². The molecule has 0 saturated heterocycles. The summed E-state index contributed by atoms with van der Waals surface area (Å²) in [5, 5.41) is 16.9. The van der Waals surface area contributed by atoms with E-state index in [1.807, 2.05) is 0 Å². The third-order valence-electron chi connectivity index (χ3n) is 3.75. The lowest BCUT2D eigenvalue weighted by atomic mass is 9.98. The summed E-state index contributed by atoms with van der Waals surface area (Å²) < 4.78 is 10.4. The third kappa shape index (κ3) is 3.10. The minimum absolute atomic E-state index is 0.00435. The molecule has 0 fully saturated rings. The van der Waals surface area contributed by atoms with E-state index in [1.165, 1.54) is 49.6 Å². The molecule has 7 nitrogen and oxygen atoms in total. The first kappa shape index (κ1) is 17.1. The van der Waals surface area contributed by atoms with Crippen LogP contribution in [0, 0.1) is 5.41 Å². The number of esters is 1. The number of nitrogens with one attached hydrogen (secondary N) is 1. The molecule has 26 heavy (non-hydrogen) atoms. The number of carbonyl (C=O) groups is 2. The third-order valence-corrected chi connectivity index (χ3v) is 3.75. The van der Waals surface area contributed by atoms with Gasteiger partial charge >= 0.3 is 11.9 Å². The summed E-state index contributed by atoms with van der Waals surface area (Å²) >= 11 is 0. The van der Waals surface area contributed by atoms with Crippen LogP contribution >= 0.6 is 0 Å². The highest BCUT2D eigenvalue weighted by atomic mass is 16.5. The average molecular weight is 351 g/mol. The SMILES string of the molecule is CC(=O)Oc1ccc2c(=O)c(-c3cc(C(=O)O)ccc3C=N)coc2c1. The summed E-state index contributed by atoms with van der Waals surface area (Å²) in [5.41, 5.74) is 0.655. The van der Waals surface area contributed by atoms with E-state index in [0.29, 0.717) is 11.1 Å². The Hall–Kier alpha value is -3.74. The van der Waals surface area contributed by atoms with Gasteiger partial charge in [-0.1, -0.05) is 6.07 Å². The number of carboxylic acids is 1. The van der Waals surface area contributed by atoms with Gasteiger partial charge in [-0.15, -0.1) is 0 Å². The molecular formula is C19H13NO6. The Labute approximate surface area is 147 Å². The van der Waals surface area contributed by atoms with Crippen LogP contribution in [0.1, 0.15) is 22.8 Å². The predicted molar refractivity (Wildman–Crippen MR) is 94.1 cm³/mol. The second-order valence-electron chi connectivity index (χ2n) is 5.48. The van der Waals surface area contributed by atoms with Gasteiger partial charge in [-0.2, -0.15) is 0 Å². The van der Waals surface area contributed by atoms with Crippen molar-refractivity contribution in [1.82, 2.24) is 0 Å². The number of carboxylic acid groups (broad SMARTS) is 1. The minimum atomic E-state index is -1.14. The van der Waals surface area contributed by atoms with Crippen LogP contribution in [-0.2, 0) is 4.79 Å². The van der Waals surface area contributed by atoms with Crippen molar-refractivity contribution in [3.05, 3.63) is 64.0 Å². The highest BCUT2D eigenvalue weighted by molar-refractivity contribution is 5.96. The summed E-state index contributed by atoms with van der Waals surface area (Å²) in [4.78, 5) is 35.1. The molecular weight excluding hydrogens is 338 g/mol. The lowest BCUT2D eigenvalue weighted by Crippen LogP contribution is -2.08. The van der Waals surface area contributed by atoms with Crippen molar-refractivity contribution in [2.24, 2.45) is 0 Å². The molecule has 0 unspecified atom stereocenters. The number of rotatable bonds is 4. The molecule has 7 heteroatoms. The Balaban J connectivity index is 2.21. The first-order valence-corrected chi connectivity index (χ1v) is 7.53. The Morgan fingerprint density at radius 3 is 2.58 bits per heavy atom. The molecule has 0 saturated carbocycles. The molecule has 0 spiro atoms. The van der Waals surface area contributed by atoms with Gasteiger partial charge in [0.25, 0.3) is 0 Å². The van der Waals surface area contributed by atoms with Gasteiger partial charge in [0, 0.05) is 24.8 Å². The summed E-state index contributed by atoms with van der Waals surface area (Å²) in [6.07, 6.45) is 2.24. The number of aromatic carboxylic acids is 1. The highest BCUT2D eigenvalue weighted by Crippen LogP contribution is 2.26. The zero-order chi connectivity index (χ0) is 18.8. The van der Waals surface area contributed by atoms with E-state index < -0.39 is 11.9 Å². The van der Waals surface area contributed by atoms with Crippen molar-refractivity contribution in [3.8, 4) is 16.9 Å². The molecule has 0 aliphatic heterocycles. The van der Waals surface area contributed by atoms with Crippen LogP contribution in [0.25, 0.3) is 22.1 Å². The number of carbonyl (C=O) groups excluding carboxylic acids is 1. The first-order chi connectivity index (χ1) is 12.4. The number of hydrogen-bond acceptors (Lipinski definition) is 6. The maximum atomic E-state index is 12.8. The van der Waals surface area contributed by atoms with E-state index in [-0.39, 0.29) is 33.3 Å². The number of ether oxygens (including phenoxy) is 1. The molecule has 2 aromatic carbocycles. The van der Waals surface area contributed by atoms with E-state index in [0.717, 1.165) is 6.21 Å². The van der Waals surface area contributed by atoms with Crippen molar-refractivity contribution in [2.75, 3.05) is 0 Å². The molecule has 0 aliphatic carbocycles. The van der Waals surface area contributed by atoms with Gasteiger partial charge in [0.2, 0.25) is 5.43 Å². The first-order valence-electron chi connectivity index (χ1n) is 7.53. The van der Waals surface area contributed by atoms with Crippen LogP contribution in [-0.4, -0.2) is 23.3 Å². The maximum Gasteiger partial charge on any atom is 0.335 e. The second-order valence-corrected chi connectivity index (χ2v) is 5.48. The zero-order valence-corrected chi connectivity index (χ0v) is 13.6. The van der Waals surface area contributed by atoms with Crippen molar-refractivity contribution in [2.45, 2.75) is 6.92 Å². The standard InChI is InChI=1S/C19H13NO6/c1-10(21)26-13-4-5-14-17(7-13)25-9-16(18(14)22)15-6-11(19(23)24)2-3-12(15)8-20/h2-9,20H,1H3,(H,23,24). The fourth-order valence-corrected chi connectivity index (χ4v) is 2.57. The molecule has 0 atom stereocenters. The molecule has 3 aromatic rings. The normalized spacial score (nSPS) is 10.5. The van der Waals surface area contributed by atoms with Crippen LogP contribution in [0.4, 0.5) is 0 Å². The highest BCUT2D eigenvalue weighted by Gasteiger charge is 2.15. The van der Waals surface area contributed by atoms with E-state index in [2.05, 4.69) is 0 Å². The quantitative estimate of drug-likeness (QED) is 0.424. The Kier molecular flexibility index (Phi) is 4.36. The van der Waals surface area contributed by atoms with Crippen molar-refractivity contribution >= 4 is 29.1 Å². The summed E-state index contributed by atoms with van der Waals surface area (Å²) in [6, 6.07) is 8.50. The average Bonchev–Trinajstić information content (AvgIpc) is 2.61. The van der Waals surface area contributed by atoms with Crippen LogP contribution in [0.3, 0.4) is 0 Å². The van der Waals surface area contributed by atoms with Gasteiger partial charge in [0.15, 0.2) is 0 Å². The van der Waals surface area contributed by atoms with E-state index in [1.54, 1.807) is 0 Å². The van der Waals surface area contributed by atoms with Gasteiger partial charge in [0.1, 0.15) is 17.6 Å². The largest absolute Gasteiger partial charge is 0.478 e. The van der Waals surface area contributed by atoms with E-state index >= 15 is 0 Å². The van der Waals surface area contributed by atoms with Crippen molar-refractivity contribution in [1.29, 1.82) is 5.41 Å². The number of benzene rings is 2. The van der Waals surface area contributed by atoms with Crippen molar-refractivity contribution in [3.63, 3.8) is 0 Å². The van der Waals surface area contributed by atoms with Gasteiger partial charge in [-0.25, -0.2) is 4.79 Å². The Morgan fingerprint density at radius 1 is 1.15 bits per heavy atom. The van der Waals surface area contributed by atoms with Crippen LogP contribution in [0.5, 0.6) is 5.75 Å². The molecule has 2 N–H and O–H groups in total. The lowest BCUT2D eigenvalue weighted by molar-refractivity contribution is -0.131. The zero-order valence-electron chi connectivity index (χ0n) is 13.6. The van der Waals surface area contributed by atoms with Gasteiger partial charge in [-0.05, 0) is 29.8 Å². The summed E-state index contributed by atoms with van der Waals surface area (Å²) in [5.74, 6) is -1.39. The predicted octanol–water partition coefficient (Wildman–Crippen LogP) is 3.08. The molecule has 1 aromatic heterocycles. The lowest BCUT2D eigenvalue weighted by Gasteiger charge is -2.08. The van der Waals surface area contributed by atoms with Gasteiger partial charge in [0.05, 0.1) is 16.5 Å². The molecule has 0 aliphatic rings. The van der Waals surface area contributed by atoms with Crippen LogP contribution in [0.15, 0.2) is 51.9 Å². The van der Waals surface area contributed by atoms with Crippen LogP contribution in [0.2, 0.25) is 0 Å². The summed E-state index contributed by atoms with van der Waals surface area (Å²) in [6.45, 7) is 1.26. The van der Waals surface area contributed by atoms with Crippen molar-refractivity contribution < 1.29 is 23.8 Å². The summed E-state index contributed by atoms with van der Waals surface area (Å²) in [7, 11) is 0. The second kappa shape index (κ2) is 6.64. The fourth-order valence-electron chi connectivity index (χ4n) is 2.57. The minimum Gasteiger partial charge on any atom is -0.478 e. The monoisotopic (exact) mass is 351 g/mol. The molecule has 130 valence electrons. The van der Waals surface area contributed by atoms with Crippen LogP contribution < -0.4 is 10.2 Å². The number of fused-ring (bicyclic) bond motifs is 1. The topological polar surface area (TPSA) is 118 Å². The van der Waals surface area contributed by atoms with Gasteiger partial charge in [-0.3, -0.25) is 9.59 Å². The smallest absolute Gasteiger partial charge is 0.335 e. The van der Waals surface area contributed by atoms with E-state index in [9.17, 15) is 14.4 Å². The maximum absolute atomic E-state index is 12.8. The molecule has 1 heterocycles. The Bertz CT molecular complexity index is 1110. The molecule has 0 bridgehead atoms.